The van der Waals surface area contributed by atoms with Crippen LogP contribution in [-0.4, -0.2) is 42.0 Å². The van der Waals surface area contributed by atoms with E-state index in [1.807, 2.05) is 6.08 Å². The molecule has 2 aliphatic heterocycles. The molecule has 0 aromatic heterocycles. The summed E-state index contributed by atoms with van der Waals surface area (Å²) in [4.78, 5) is 5.10. The van der Waals surface area contributed by atoms with Gasteiger partial charge in [-0.05, 0) is 90.3 Å². The second-order valence-corrected chi connectivity index (χ2v) is 8.55. The standard InChI is InChI=1S/C27H36N2/c1-7-20(3)22(5)11-15-28-16-13-24-9-10-27-25(26(24)19-28)14-18-29(27)17-12-23(6)21(4)8-2/h7-8,14,18,24,27H,1-6,9-13,15-17,19H2. The lowest BCUT2D eigenvalue weighted by Crippen LogP contribution is -2.41. The van der Waals surface area contributed by atoms with Crippen LogP contribution in [-0.2, 0) is 0 Å². The molecule has 0 bridgehead atoms. The molecule has 1 fully saturated rings. The topological polar surface area (TPSA) is 6.48 Å². The van der Waals surface area contributed by atoms with E-state index >= 15 is 0 Å². The second kappa shape index (κ2) is 9.45. The normalized spacial score (nSPS) is 23.4. The lowest BCUT2D eigenvalue weighted by molar-refractivity contribution is 0.204. The Morgan fingerprint density at radius 1 is 0.931 bits per heavy atom. The first kappa shape index (κ1) is 21.4. The van der Waals surface area contributed by atoms with E-state index in [2.05, 4.69) is 61.5 Å². The summed E-state index contributed by atoms with van der Waals surface area (Å²) in [7, 11) is 0. The number of nitrogens with zero attached hydrogens (tertiary/aromatic N) is 2. The smallest absolute Gasteiger partial charge is 0.0538 e. The van der Waals surface area contributed by atoms with E-state index < -0.39 is 0 Å². The van der Waals surface area contributed by atoms with E-state index in [0.29, 0.717) is 6.04 Å². The highest BCUT2D eigenvalue weighted by atomic mass is 15.2. The monoisotopic (exact) mass is 388 g/mol. The molecule has 3 rings (SSSR count). The van der Waals surface area contributed by atoms with E-state index in [-0.39, 0.29) is 0 Å². The molecule has 2 heteroatoms. The molecule has 1 aliphatic carbocycles. The van der Waals surface area contributed by atoms with Crippen molar-refractivity contribution in [2.24, 2.45) is 5.92 Å². The van der Waals surface area contributed by atoms with Crippen molar-refractivity contribution < 1.29 is 0 Å². The quantitative estimate of drug-likeness (QED) is 0.425. The summed E-state index contributed by atoms with van der Waals surface area (Å²) in [6.07, 6.45) is 14.1. The van der Waals surface area contributed by atoms with Gasteiger partial charge >= 0.3 is 0 Å². The van der Waals surface area contributed by atoms with E-state index in [1.54, 1.807) is 17.2 Å². The van der Waals surface area contributed by atoms with Gasteiger partial charge in [-0.1, -0.05) is 51.6 Å². The van der Waals surface area contributed by atoms with E-state index in [1.165, 1.54) is 25.8 Å². The van der Waals surface area contributed by atoms with Crippen LogP contribution in [0.4, 0.5) is 0 Å². The number of fused-ring (bicyclic) bond motifs is 2. The number of allylic oxidation sites excluding steroid dienone is 4. The fourth-order valence-electron chi connectivity index (χ4n) is 4.77. The van der Waals surface area contributed by atoms with E-state index in [9.17, 15) is 0 Å². The molecule has 0 amide bonds. The van der Waals surface area contributed by atoms with Gasteiger partial charge in [-0.3, -0.25) is 4.90 Å². The Hall–Kier alpha value is -2.32. The zero-order valence-electron chi connectivity index (χ0n) is 18.0. The van der Waals surface area contributed by atoms with Crippen molar-refractivity contribution in [2.75, 3.05) is 26.2 Å². The molecule has 2 atom stereocenters. The fourth-order valence-corrected chi connectivity index (χ4v) is 4.77. The van der Waals surface area contributed by atoms with Gasteiger partial charge in [0.2, 0.25) is 0 Å². The SMILES string of the molecule is C=CC(=C)C(=C)CCN1CCC2CCC3C(=C2C1)C=CN3CCC(=C)C(=C)C=C. The Balaban J connectivity index is 1.61. The molecule has 2 unspecified atom stereocenters. The first-order chi connectivity index (χ1) is 13.9. The van der Waals surface area contributed by atoms with Crippen molar-refractivity contribution in [1.82, 2.24) is 9.80 Å². The van der Waals surface area contributed by atoms with Crippen LogP contribution in [0.5, 0.6) is 0 Å². The maximum Gasteiger partial charge on any atom is 0.0538 e. The van der Waals surface area contributed by atoms with Crippen molar-refractivity contribution in [3.63, 3.8) is 0 Å². The number of hydrogen-bond acceptors (Lipinski definition) is 2. The van der Waals surface area contributed by atoms with Crippen molar-refractivity contribution >= 4 is 0 Å². The average Bonchev–Trinajstić information content (AvgIpc) is 3.17. The van der Waals surface area contributed by atoms with E-state index in [0.717, 1.165) is 60.7 Å². The zero-order chi connectivity index (χ0) is 21.0. The van der Waals surface area contributed by atoms with Gasteiger partial charge in [-0.2, -0.15) is 0 Å². The summed E-state index contributed by atoms with van der Waals surface area (Å²) in [6.45, 7) is 28.3. The summed E-state index contributed by atoms with van der Waals surface area (Å²) in [5, 5.41) is 0. The Morgan fingerprint density at radius 2 is 1.59 bits per heavy atom. The van der Waals surface area contributed by atoms with Crippen molar-refractivity contribution in [1.29, 1.82) is 0 Å². The highest BCUT2D eigenvalue weighted by Gasteiger charge is 2.36. The maximum absolute atomic E-state index is 4.16. The van der Waals surface area contributed by atoms with Crippen molar-refractivity contribution in [3.05, 3.63) is 97.3 Å². The molecule has 1 saturated heterocycles. The third-order valence-electron chi connectivity index (χ3n) is 6.85. The van der Waals surface area contributed by atoms with Crippen LogP contribution in [0.15, 0.2) is 97.3 Å². The van der Waals surface area contributed by atoms with Crippen LogP contribution in [0.1, 0.15) is 32.1 Å². The molecular weight excluding hydrogens is 352 g/mol. The number of piperidine rings is 1. The molecule has 2 nitrogen and oxygen atoms in total. The Bertz CT molecular complexity index is 791. The number of likely N-dealkylation sites (tertiary alicyclic amines) is 1. The van der Waals surface area contributed by atoms with Crippen molar-refractivity contribution in [3.8, 4) is 0 Å². The van der Waals surface area contributed by atoms with Crippen LogP contribution in [0, 0.1) is 5.92 Å². The van der Waals surface area contributed by atoms with Gasteiger partial charge in [-0.15, -0.1) is 0 Å². The first-order valence-corrected chi connectivity index (χ1v) is 10.8. The minimum absolute atomic E-state index is 0.543. The maximum atomic E-state index is 4.16. The minimum Gasteiger partial charge on any atom is -0.370 e. The molecule has 0 N–H and O–H groups in total. The highest BCUT2D eigenvalue weighted by molar-refractivity contribution is 5.41. The van der Waals surface area contributed by atoms with Crippen LogP contribution in [0.2, 0.25) is 0 Å². The van der Waals surface area contributed by atoms with Gasteiger partial charge in [0, 0.05) is 19.6 Å². The van der Waals surface area contributed by atoms with Crippen LogP contribution in [0.3, 0.4) is 0 Å². The Kier molecular flexibility index (Phi) is 6.97. The number of hydrogen-bond donors (Lipinski definition) is 0. The van der Waals surface area contributed by atoms with Crippen LogP contribution < -0.4 is 0 Å². The predicted octanol–water partition coefficient (Wildman–Crippen LogP) is 5.97. The van der Waals surface area contributed by atoms with Crippen LogP contribution in [0.25, 0.3) is 0 Å². The highest BCUT2D eigenvalue weighted by Crippen LogP contribution is 2.41. The summed E-state index contributed by atoms with van der Waals surface area (Å²) < 4.78 is 0. The summed E-state index contributed by atoms with van der Waals surface area (Å²) in [5.74, 6) is 0.768. The van der Waals surface area contributed by atoms with Gasteiger partial charge in [0.05, 0.1) is 6.04 Å². The molecule has 154 valence electrons. The fraction of sp³-hybridized carbons (Fsp3) is 0.407. The predicted molar refractivity (Wildman–Crippen MR) is 127 cm³/mol. The molecule has 2 heterocycles. The van der Waals surface area contributed by atoms with E-state index in [4.69, 9.17) is 0 Å². The zero-order valence-corrected chi connectivity index (χ0v) is 18.0. The van der Waals surface area contributed by atoms with Gasteiger partial charge in [0.1, 0.15) is 0 Å². The molecule has 0 aromatic rings. The summed E-state index contributed by atoms with van der Waals surface area (Å²) in [5.41, 5.74) is 7.37. The lowest BCUT2D eigenvalue weighted by Gasteiger charge is -2.41. The molecule has 0 spiro atoms. The van der Waals surface area contributed by atoms with Gasteiger partial charge in [0.25, 0.3) is 0 Å². The third kappa shape index (κ3) is 4.82. The third-order valence-corrected chi connectivity index (χ3v) is 6.85. The molecule has 0 aromatic carbocycles. The van der Waals surface area contributed by atoms with Gasteiger partial charge < -0.3 is 4.90 Å². The lowest BCUT2D eigenvalue weighted by atomic mass is 9.76. The largest absolute Gasteiger partial charge is 0.370 e. The molecular formula is C27H36N2. The summed E-state index contributed by atoms with van der Waals surface area (Å²) >= 11 is 0. The Labute approximate surface area is 177 Å². The summed E-state index contributed by atoms with van der Waals surface area (Å²) in [6, 6.07) is 0.543. The molecule has 29 heavy (non-hydrogen) atoms. The number of rotatable bonds is 10. The Morgan fingerprint density at radius 3 is 2.24 bits per heavy atom. The van der Waals surface area contributed by atoms with Crippen molar-refractivity contribution in [2.45, 2.75) is 38.1 Å². The average molecular weight is 389 g/mol. The van der Waals surface area contributed by atoms with Gasteiger partial charge in [0.15, 0.2) is 0 Å². The second-order valence-electron chi connectivity index (χ2n) is 8.55. The van der Waals surface area contributed by atoms with Gasteiger partial charge in [-0.25, -0.2) is 0 Å². The molecule has 0 saturated carbocycles. The first-order valence-electron chi connectivity index (χ1n) is 10.8. The molecule has 0 radical (unpaired) electrons. The molecule has 3 aliphatic rings. The van der Waals surface area contributed by atoms with Crippen LogP contribution >= 0.6 is 0 Å². The minimum atomic E-state index is 0.543.